The lowest BCUT2D eigenvalue weighted by Crippen LogP contribution is -2.01. The Balaban J connectivity index is 2.02. The third-order valence-corrected chi connectivity index (χ3v) is 5.71. The molecule has 0 amide bonds. The van der Waals surface area contributed by atoms with Crippen molar-refractivity contribution in [1.29, 1.82) is 0 Å². The molecule has 0 aliphatic heterocycles. The Morgan fingerprint density at radius 2 is 2.15 bits per heavy atom. The minimum Gasteiger partial charge on any atom is -0.469 e. The predicted octanol–water partition coefficient (Wildman–Crippen LogP) is 4.31. The van der Waals surface area contributed by atoms with Gasteiger partial charge in [-0.05, 0) is 19.1 Å². The van der Waals surface area contributed by atoms with E-state index < -0.39 is 17.3 Å². The van der Waals surface area contributed by atoms with Crippen LogP contribution in [0.4, 0.5) is 13.2 Å². The summed E-state index contributed by atoms with van der Waals surface area (Å²) in [4.78, 5) is 11.6. The number of benzene rings is 1. The molecule has 0 unspecified atom stereocenters. The van der Waals surface area contributed by atoms with Gasteiger partial charge in [0.1, 0.15) is 11.5 Å². The molecular weight excluding hydrogens is 401 g/mol. The molecule has 0 bridgehead atoms. The first-order chi connectivity index (χ1) is 13.0. The average Bonchev–Trinajstić information content (AvgIpc) is 3.28. The molecular formula is C16H15F3N4O2S2. The second-order valence-corrected chi connectivity index (χ2v) is 7.50. The van der Waals surface area contributed by atoms with Gasteiger partial charge in [-0.3, -0.25) is 9.48 Å². The van der Waals surface area contributed by atoms with E-state index in [-0.39, 0.29) is 28.5 Å². The Labute approximate surface area is 160 Å². The molecule has 27 heavy (non-hydrogen) atoms. The SMILES string of the molecule is CCn1nc(-c2nnc(C(F)F)s2)c2c(F)c(SCCC(=O)OC)ccc21. The van der Waals surface area contributed by atoms with Crippen LogP contribution in [0, 0.1) is 5.82 Å². The predicted molar refractivity (Wildman–Crippen MR) is 96.6 cm³/mol. The molecule has 2 aromatic heterocycles. The standard InChI is InChI=1S/C16H15F3N4O2S2/c1-3-23-8-4-5-9(26-7-6-10(24)25-2)12(17)11(8)13(22-23)15-20-21-16(27-15)14(18)19/h4-5,14H,3,6-7H2,1-2H3. The number of hydrogen-bond donors (Lipinski definition) is 0. The van der Waals surface area contributed by atoms with Gasteiger partial charge in [0, 0.05) is 17.2 Å². The number of esters is 1. The first-order valence-corrected chi connectivity index (χ1v) is 9.77. The molecule has 0 radical (unpaired) electrons. The molecule has 0 aliphatic carbocycles. The van der Waals surface area contributed by atoms with E-state index >= 15 is 4.39 Å². The summed E-state index contributed by atoms with van der Waals surface area (Å²) >= 11 is 1.86. The number of hydrogen-bond acceptors (Lipinski definition) is 7. The molecule has 2 heterocycles. The van der Waals surface area contributed by atoms with Crippen LogP contribution in [0.25, 0.3) is 21.6 Å². The zero-order chi connectivity index (χ0) is 19.6. The van der Waals surface area contributed by atoms with Crippen molar-refractivity contribution < 1.29 is 22.7 Å². The molecule has 0 atom stereocenters. The number of rotatable bonds is 7. The fourth-order valence-corrected chi connectivity index (χ4v) is 4.05. The average molecular weight is 416 g/mol. The summed E-state index contributed by atoms with van der Waals surface area (Å²) in [5.41, 5.74) is 0.722. The van der Waals surface area contributed by atoms with Crippen LogP contribution in [0.2, 0.25) is 0 Å². The van der Waals surface area contributed by atoms with Crippen molar-refractivity contribution in [3.63, 3.8) is 0 Å². The van der Waals surface area contributed by atoms with Crippen LogP contribution in [0.3, 0.4) is 0 Å². The number of carbonyl (C=O) groups is 1. The lowest BCUT2D eigenvalue weighted by Gasteiger charge is -2.05. The van der Waals surface area contributed by atoms with Crippen molar-refractivity contribution in [2.24, 2.45) is 0 Å². The zero-order valence-electron chi connectivity index (χ0n) is 14.4. The van der Waals surface area contributed by atoms with Crippen LogP contribution in [0.1, 0.15) is 24.8 Å². The number of fused-ring (bicyclic) bond motifs is 1. The summed E-state index contributed by atoms with van der Waals surface area (Å²) in [7, 11) is 1.29. The molecule has 3 rings (SSSR count). The molecule has 0 spiro atoms. The number of nitrogens with zero attached hydrogens (tertiary/aromatic N) is 4. The zero-order valence-corrected chi connectivity index (χ0v) is 16.0. The van der Waals surface area contributed by atoms with E-state index in [0.717, 1.165) is 0 Å². The quantitative estimate of drug-likeness (QED) is 0.422. The van der Waals surface area contributed by atoms with E-state index in [1.807, 2.05) is 6.92 Å². The second kappa shape index (κ2) is 8.26. The number of carbonyl (C=O) groups excluding carboxylic acids is 1. The number of aromatic nitrogens is 4. The third-order valence-electron chi connectivity index (χ3n) is 3.74. The maximum Gasteiger partial charge on any atom is 0.306 e. The molecule has 0 fully saturated rings. The summed E-state index contributed by atoms with van der Waals surface area (Å²) in [6.45, 7) is 2.32. The van der Waals surface area contributed by atoms with Crippen molar-refractivity contribution in [2.75, 3.05) is 12.9 Å². The van der Waals surface area contributed by atoms with Gasteiger partial charge >= 0.3 is 5.97 Å². The number of ether oxygens (including phenoxy) is 1. The van der Waals surface area contributed by atoms with Gasteiger partial charge in [-0.25, -0.2) is 13.2 Å². The summed E-state index contributed by atoms with van der Waals surface area (Å²) < 4.78 is 47.0. The van der Waals surface area contributed by atoms with E-state index in [9.17, 15) is 13.6 Å². The Hall–Kier alpha value is -2.14. The highest BCUT2D eigenvalue weighted by Gasteiger charge is 2.23. The van der Waals surface area contributed by atoms with Crippen molar-refractivity contribution >= 4 is 40.0 Å². The van der Waals surface area contributed by atoms with Crippen molar-refractivity contribution in [3.8, 4) is 10.7 Å². The van der Waals surface area contributed by atoms with Gasteiger partial charge < -0.3 is 4.74 Å². The summed E-state index contributed by atoms with van der Waals surface area (Å²) in [5, 5.41) is 11.4. The molecule has 6 nitrogen and oxygen atoms in total. The lowest BCUT2D eigenvalue weighted by atomic mass is 10.2. The van der Waals surface area contributed by atoms with E-state index in [4.69, 9.17) is 0 Å². The van der Waals surface area contributed by atoms with E-state index in [1.165, 1.54) is 18.9 Å². The fourth-order valence-electron chi connectivity index (χ4n) is 2.48. The Morgan fingerprint density at radius 1 is 1.37 bits per heavy atom. The molecule has 11 heteroatoms. The van der Waals surface area contributed by atoms with Crippen LogP contribution in [-0.2, 0) is 16.1 Å². The Bertz CT molecular complexity index is 974. The molecule has 144 valence electrons. The monoisotopic (exact) mass is 416 g/mol. The molecule has 3 aromatic rings. The first-order valence-electron chi connectivity index (χ1n) is 7.96. The van der Waals surface area contributed by atoms with Gasteiger partial charge in [-0.2, -0.15) is 5.10 Å². The van der Waals surface area contributed by atoms with Crippen molar-refractivity contribution in [1.82, 2.24) is 20.0 Å². The Morgan fingerprint density at radius 3 is 2.78 bits per heavy atom. The fraction of sp³-hybridized carbons (Fsp3) is 0.375. The minimum atomic E-state index is -2.75. The normalized spacial score (nSPS) is 11.5. The highest BCUT2D eigenvalue weighted by molar-refractivity contribution is 7.99. The maximum absolute atomic E-state index is 15.2. The van der Waals surface area contributed by atoms with E-state index in [0.29, 0.717) is 34.0 Å². The van der Waals surface area contributed by atoms with Crippen LogP contribution in [-0.4, -0.2) is 38.8 Å². The smallest absolute Gasteiger partial charge is 0.306 e. The van der Waals surface area contributed by atoms with Gasteiger partial charge in [0.05, 0.1) is 24.4 Å². The number of thioether (sulfide) groups is 1. The minimum absolute atomic E-state index is 0.137. The summed E-state index contributed by atoms with van der Waals surface area (Å²) in [6, 6.07) is 3.33. The van der Waals surface area contributed by atoms with E-state index in [1.54, 1.807) is 16.8 Å². The third kappa shape index (κ3) is 3.93. The van der Waals surface area contributed by atoms with Crippen LogP contribution >= 0.6 is 23.1 Å². The number of methoxy groups -OCH3 is 1. The van der Waals surface area contributed by atoms with Gasteiger partial charge in [-0.1, -0.05) is 11.3 Å². The highest BCUT2D eigenvalue weighted by Crippen LogP contribution is 2.37. The molecule has 0 aliphatic rings. The summed E-state index contributed by atoms with van der Waals surface area (Å²) in [6.07, 6.45) is -2.60. The van der Waals surface area contributed by atoms with Crippen LogP contribution in [0.15, 0.2) is 17.0 Å². The maximum atomic E-state index is 15.2. The number of alkyl halides is 2. The second-order valence-electron chi connectivity index (χ2n) is 5.36. The van der Waals surface area contributed by atoms with Gasteiger partial charge in [-0.15, -0.1) is 22.0 Å². The van der Waals surface area contributed by atoms with Gasteiger partial charge in [0.25, 0.3) is 6.43 Å². The van der Waals surface area contributed by atoms with Crippen LogP contribution in [0.5, 0.6) is 0 Å². The van der Waals surface area contributed by atoms with Crippen LogP contribution < -0.4 is 0 Å². The molecule has 0 N–H and O–H groups in total. The molecule has 0 saturated carbocycles. The van der Waals surface area contributed by atoms with Crippen molar-refractivity contribution in [2.45, 2.75) is 31.2 Å². The van der Waals surface area contributed by atoms with Gasteiger partial charge in [0.2, 0.25) is 0 Å². The largest absolute Gasteiger partial charge is 0.469 e. The number of aryl methyl sites for hydroxylation is 1. The topological polar surface area (TPSA) is 69.9 Å². The van der Waals surface area contributed by atoms with Crippen molar-refractivity contribution in [3.05, 3.63) is 23.0 Å². The summed E-state index contributed by atoms with van der Waals surface area (Å²) in [5.74, 6) is -0.552. The lowest BCUT2D eigenvalue weighted by molar-refractivity contribution is -0.140. The number of halogens is 3. The molecule has 0 saturated heterocycles. The Kier molecular flexibility index (Phi) is 6.00. The highest BCUT2D eigenvalue weighted by atomic mass is 32.2. The van der Waals surface area contributed by atoms with Gasteiger partial charge in [0.15, 0.2) is 10.0 Å². The van der Waals surface area contributed by atoms with E-state index in [2.05, 4.69) is 20.0 Å². The first kappa shape index (κ1) is 19.6. The molecule has 1 aromatic carbocycles.